The summed E-state index contributed by atoms with van der Waals surface area (Å²) in [4.78, 5) is 2.52. The molecule has 2 aromatic rings. The van der Waals surface area contributed by atoms with Gasteiger partial charge in [-0.15, -0.1) is 0 Å². The molecule has 0 spiro atoms. The van der Waals surface area contributed by atoms with E-state index in [0.29, 0.717) is 5.92 Å². The van der Waals surface area contributed by atoms with Crippen LogP contribution in [0.3, 0.4) is 0 Å². The van der Waals surface area contributed by atoms with Gasteiger partial charge in [-0.3, -0.25) is 0 Å². The lowest BCUT2D eigenvalue weighted by Gasteiger charge is -2.41. The van der Waals surface area contributed by atoms with E-state index >= 15 is 0 Å². The van der Waals surface area contributed by atoms with Crippen LogP contribution < -0.4 is 4.90 Å². The second-order valence-corrected chi connectivity index (χ2v) is 6.82. The number of piperidine rings is 1. The molecule has 3 heteroatoms. The van der Waals surface area contributed by atoms with Gasteiger partial charge in [0.25, 0.3) is 0 Å². The predicted octanol–water partition coefficient (Wildman–Crippen LogP) is 3.10. The van der Waals surface area contributed by atoms with Gasteiger partial charge in [0.15, 0.2) is 0 Å². The van der Waals surface area contributed by atoms with E-state index < -0.39 is 5.60 Å². The molecule has 20 heavy (non-hydrogen) atoms. The second kappa shape index (κ2) is 3.79. The van der Waals surface area contributed by atoms with E-state index in [1.54, 1.807) is 0 Å². The molecule has 1 N–H and O–H groups in total. The molecule has 1 aromatic carbocycles. The van der Waals surface area contributed by atoms with Crippen LogP contribution in [0.15, 0.2) is 18.2 Å². The van der Waals surface area contributed by atoms with Crippen LogP contribution in [0.2, 0.25) is 0 Å². The fraction of sp³-hybridized carbons (Fsp3) is 0.529. The molecule has 2 bridgehead atoms. The number of fused-ring (bicyclic) bond motifs is 3. The number of nitrogens with zero attached hydrogens (tertiary/aromatic N) is 2. The summed E-state index contributed by atoms with van der Waals surface area (Å²) < 4.78 is 2.31. The Labute approximate surface area is 119 Å². The van der Waals surface area contributed by atoms with Crippen LogP contribution in [0.4, 0.5) is 5.82 Å². The third kappa shape index (κ3) is 1.44. The Morgan fingerprint density at radius 1 is 1.20 bits per heavy atom. The number of para-hydroxylation sites is 1. The highest BCUT2D eigenvalue weighted by molar-refractivity contribution is 5.94. The number of hydrogen-bond acceptors (Lipinski definition) is 2. The number of rotatable bonds is 1. The third-order valence-corrected chi connectivity index (χ3v) is 5.08. The van der Waals surface area contributed by atoms with Crippen molar-refractivity contribution in [2.45, 2.75) is 38.2 Å². The summed E-state index contributed by atoms with van der Waals surface area (Å²) in [7, 11) is 2.15. The lowest BCUT2D eigenvalue weighted by Crippen LogP contribution is -2.39. The third-order valence-electron chi connectivity index (χ3n) is 5.08. The van der Waals surface area contributed by atoms with Crippen molar-refractivity contribution in [3.05, 3.63) is 29.3 Å². The summed E-state index contributed by atoms with van der Waals surface area (Å²) in [5.41, 5.74) is 2.96. The Morgan fingerprint density at radius 3 is 2.55 bits per heavy atom. The number of aromatic nitrogens is 1. The number of benzene rings is 1. The molecule has 5 rings (SSSR count). The molecule has 1 aromatic heterocycles. The van der Waals surface area contributed by atoms with E-state index in [9.17, 15) is 5.11 Å². The normalized spacial score (nSPS) is 18.9. The van der Waals surface area contributed by atoms with Gasteiger partial charge in [0.05, 0.1) is 11.1 Å². The minimum atomic E-state index is -0.803. The summed E-state index contributed by atoms with van der Waals surface area (Å²) in [6.07, 6.45) is 2.55. The topological polar surface area (TPSA) is 28.4 Å². The second-order valence-electron chi connectivity index (χ2n) is 6.82. The van der Waals surface area contributed by atoms with Crippen LogP contribution in [0.25, 0.3) is 10.9 Å². The zero-order chi connectivity index (χ0) is 14.1. The van der Waals surface area contributed by atoms with Gasteiger partial charge < -0.3 is 14.6 Å². The molecule has 3 aliphatic heterocycles. The highest BCUT2D eigenvalue weighted by atomic mass is 16.3. The van der Waals surface area contributed by atoms with Crippen LogP contribution >= 0.6 is 0 Å². The van der Waals surface area contributed by atoms with Crippen LogP contribution in [-0.4, -0.2) is 22.8 Å². The Hall–Kier alpha value is -1.48. The molecule has 1 saturated heterocycles. The van der Waals surface area contributed by atoms with E-state index in [4.69, 9.17) is 0 Å². The number of hydrogen-bond donors (Lipinski definition) is 1. The van der Waals surface area contributed by atoms with E-state index in [0.717, 1.165) is 5.56 Å². The van der Waals surface area contributed by atoms with Crippen LogP contribution in [0.1, 0.15) is 43.7 Å². The lowest BCUT2D eigenvalue weighted by atomic mass is 9.83. The van der Waals surface area contributed by atoms with Crippen molar-refractivity contribution in [1.29, 1.82) is 0 Å². The maximum atomic E-state index is 10.5. The number of anilines is 1. The van der Waals surface area contributed by atoms with Gasteiger partial charge in [0, 0.05) is 36.7 Å². The molecule has 0 radical (unpaired) electrons. The van der Waals surface area contributed by atoms with Crippen molar-refractivity contribution in [2.24, 2.45) is 7.05 Å². The highest BCUT2D eigenvalue weighted by Gasteiger charge is 2.36. The Morgan fingerprint density at radius 2 is 1.90 bits per heavy atom. The summed E-state index contributed by atoms with van der Waals surface area (Å²) in [6, 6.07) is 6.38. The molecule has 4 heterocycles. The van der Waals surface area contributed by atoms with Gasteiger partial charge in [-0.1, -0.05) is 18.2 Å². The summed E-state index contributed by atoms with van der Waals surface area (Å²) in [6.45, 7) is 6.12. The molecule has 3 nitrogen and oxygen atoms in total. The SMILES string of the molecule is Cn1c2c(c3cccc(C(C)(C)O)c31)C1CCN2CC1. The van der Waals surface area contributed by atoms with Gasteiger partial charge in [0.2, 0.25) is 0 Å². The minimum Gasteiger partial charge on any atom is -0.386 e. The fourth-order valence-corrected chi connectivity index (χ4v) is 4.19. The quantitative estimate of drug-likeness (QED) is 0.862. The standard InChI is InChI=1S/C17H22N2O/c1-17(2,20)13-6-4-5-12-14-11-7-9-19(10-8-11)16(14)18(3)15(12)13/h4-6,11,20H,7-10H2,1-3H3. The maximum absolute atomic E-state index is 10.5. The van der Waals surface area contributed by atoms with Crippen LogP contribution in [0.5, 0.6) is 0 Å². The van der Waals surface area contributed by atoms with Crippen molar-refractivity contribution in [1.82, 2.24) is 4.57 Å². The smallest absolute Gasteiger partial charge is 0.112 e. The Bertz CT molecular complexity index is 685. The van der Waals surface area contributed by atoms with Crippen molar-refractivity contribution in [3.63, 3.8) is 0 Å². The van der Waals surface area contributed by atoms with E-state index in [1.165, 1.54) is 48.2 Å². The van der Waals surface area contributed by atoms with Crippen LogP contribution in [-0.2, 0) is 12.6 Å². The van der Waals surface area contributed by atoms with E-state index in [-0.39, 0.29) is 0 Å². The van der Waals surface area contributed by atoms with Gasteiger partial charge in [-0.2, -0.15) is 0 Å². The molecular formula is C17H22N2O. The maximum Gasteiger partial charge on any atom is 0.112 e. The molecule has 0 aliphatic carbocycles. The van der Waals surface area contributed by atoms with Crippen molar-refractivity contribution in [3.8, 4) is 0 Å². The first kappa shape index (κ1) is 12.3. The van der Waals surface area contributed by atoms with Crippen molar-refractivity contribution in [2.75, 3.05) is 18.0 Å². The van der Waals surface area contributed by atoms with Gasteiger partial charge >= 0.3 is 0 Å². The Kier molecular flexibility index (Phi) is 2.33. The predicted molar refractivity (Wildman–Crippen MR) is 82.4 cm³/mol. The first-order valence-corrected chi connectivity index (χ1v) is 7.57. The molecular weight excluding hydrogens is 248 g/mol. The number of aryl methyl sites for hydroxylation is 1. The fourth-order valence-electron chi connectivity index (χ4n) is 4.19. The van der Waals surface area contributed by atoms with Crippen LogP contribution in [0, 0.1) is 0 Å². The molecule has 0 amide bonds. The van der Waals surface area contributed by atoms with Gasteiger partial charge in [-0.05, 0) is 32.6 Å². The lowest BCUT2D eigenvalue weighted by molar-refractivity contribution is 0.0798. The molecule has 0 atom stereocenters. The Balaban J connectivity index is 2.11. The van der Waals surface area contributed by atoms with Crippen molar-refractivity contribution >= 4 is 16.7 Å². The zero-order valence-corrected chi connectivity index (χ0v) is 12.5. The molecule has 106 valence electrons. The first-order valence-electron chi connectivity index (χ1n) is 7.57. The molecule has 0 unspecified atom stereocenters. The summed E-state index contributed by atoms with van der Waals surface area (Å²) >= 11 is 0. The molecule has 1 fully saturated rings. The monoisotopic (exact) mass is 270 g/mol. The highest BCUT2D eigenvalue weighted by Crippen LogP contribution is 2.48. The molecule has 3 aliphatic rings. The first-order chi connectivity index (χ1) is 9.48. The summed E-state index contributed by atoms with van der Waals surface area (Å²) in [5.74, 6) is 2.09. The number of aliphatic hydroxyl groups is 1. The average Bonchev–Trinajstić information content (AvgIpc) is 2.75. The van der Waals surface area contributed by atoms with E-state index in [2.05, 4.69) is 34.7 Å². The van der Waals surface area contributed by atoms with E-state index in [1.807, 2.05) is 13.8 Å². The minimum absolute atomic E-state index is 0.704. The average molecular weight is 270 g/mol. The molecule has 0 saturated carbocycles. The largest absolute Gasteiger partial charge is 0.386 e. The van der Waals surface area contributed by atoms with Gasteiger partial charge in [-0.25, -0.2) is 0 Å². The van der Waals surface area contributed by atoms with Gasteiger partial charge in [0.1, 0.15) is 5.82 Å². The zero-order valence-electron chi connectivity index (χ0n) is 12.5. The summed E-state index contributed by atoms with van der Waals surface area (Å²) in [5, 5.41) is 11.8. The van der Waals surface area contributed by atoms with Crippen molar-refractivity contribution < 1.29 is 5.11 Å².